The fourth-order valence-electron chi connectivity index (χ4n) is 1.29. The first-order valence-corrected chi connectivity index (χ1v) is 4.41. The Morgan fingerprint density at radius 2 is 2.17 bits per heavy atom. The van der Waals surface area contributed by atoms with Crippen LogP contribution in [0.1, 0.15) is 12.8 Å². The molecule has 0 saturated carbocycles. The largest absolute Gasteiger partial charge is 0.381 e. The van der Waals surface area contributed by atoms with E-state index in [1.54, 1.807) is 7.05 Å². The summed E-state index contributed by atoms with van der Waals surface area (Å²) >= 11 is 0. The predicted molar refractivity (Wildman–Crippen MR) is 48.3 cm³/mol. The summed E-state index contributed by atoms with van der Waals surface area (Å²) in [6.45, 7) is 2.64. The van der Waals surface area contributed by atoms with Gasteiger partial charge in [-0.15, -0.1) is 0 Å². The van der Waals surface area contributed by atoms with Crippen molar-refractivity contribution in [2.45, 2.75) is 12.8 Å². The van der Waals surface area contributed by atoms with E-state index in [0.29, 0.717) is 11.9 Å². The maximum absolute atomic E-state index is 7.30. The Balaban J connectivity index is 2.09. The third-order valence-electron chi connectivity index (χ3n) is 2.16. The first-order chi connectivity index (χ1) is 5.83. The molecule has 0 spiro atoms. The predicted octanol–water partition coefficient (Wildman–Crippen LogP) is 0.157. The van der Waals surface area contributed by atoms with Crippen LogP contribution in [0.15, 0.2) is 0 Å². The lowest BCUT2D eigenvalue weighted by Gasteiger charge is -2.22. The minimum Gasteiger partial charge on any atom is -0.381 e. The van der Waals surface area contributed by atoms with Crippen molar-refractivity contribution < 1.29 is 4.74 Å². The lowest BCUT2D eigenvalue weighted by atomic mass is 10.0. The lowest BCUT2D eigenvalue weighted by Crippen LogP contribution is -2.38. The van der Waals surface area contributed by atoms with Gasteiger partial charge in [-0.05, 0) is 18.8 Å². The van der Waals surface area contributed by atoms with Crippen molar-refractivity contribution in [1.82, 2.24) is 10.6 Å². The summed E-state index contributed by atoms with van der Waals surface area (Å²) in [5.74, 6) is 1.08. The van der Waals surface area contributed by atoms with Gasteiger partial charge in [0.1, 0.15) is 0 Å². The zero-order valence-corrected chi connectivity index (χ0v) is 7.52. The molecule has 4 nitrogen and oxygen atoms in total. The van der Waals surface area contributed by atoms with Crippen LogP contribution in [0.25, 0.3) is 0 Å². The topological polar surface area (TPSA) is 57.1 Å². The Labute approximate surface area is 73.2 Å². The summed E-state index contributed by atoms with van der Waals surface area (Å²) in [6, 6.07) is 0. The van der Waals surface area contributed by atoms with Crippen LogP contribution in [0.4, 0.5) is 0 Å². The highest BCUT2D eigenvalue weighted by Gasteiger charge is 2.13. The van der Waals surface area contributed by atoms with E-state index in [9.17, 15) is 0 Å². The van der Waals surface area contributed by atoms with Crippen molar-refractivity contribution >= 4 is 5.96 Å². The Kier molecular flexibility index (Phi) is 3.87. The van der Waals surface area contributed by atoms with Crippen molar-refractivity contribution in [3.63, 3.8) is 0 Å². The van der Waals surface area contributed by atoms with Gasteiger partial charge < -0.3 is 15.4 Å². The highest BCUT2D eigenvalue weighted by atomic mass is 16.5. The van der Waals surface area contributed by atoms with Gasteiger partial charge in [-0.1, -0.05) is 0 Å². The van der Waals surface area contributed by atoms with E-state index in [0.717, 1.165) is 32.6 Å². The second-order valence-electron chi connectivity index (χ2n) is 3.06. The maximum Gasteiger partial charge on any atom is 0.188 e. The van der Waals surface area contributed by atoms with Crippen LogP contribution < -0.4 is 10.6 Å². The summed E-state index contributed by atoms with van der Waals surface area (Å²) in [5.41, 5.74) is 0. The SMILES string of the molecule is CNC(=N)NCC1CCOCC1. The molecule has 0 unspecified atom stereocenters. The normalized spacial score (nSPS) is 18.8. The summed E-state index contributed by atoms with van der Waals surface area (Å²) in [4.78, 5) is 0. The zero-order chi connectivity index (χ0) is 8.81. The van der Waals surface area contributed by atoms with Crippen LogP contribution in [0.5, 0.6) is 0 Å². The van der Waals surface area contributed by atoms with E-state index in [-0.39, 0.29) is 0 Å². The van der Waals surface area contributed by atoms with Gasteiger partial charge in [0, 0.05) is 26.8 Å². The molecule has 0 aromatic rings. The molecule has 4 heteroatoms. The van der Waals surface area contributed by atoms with Gasteiger partial charge in [0.25, 0.3) is 0 Å². The van der Waals surface area contributed by atoms with E-state index in [4.69, 9.17) is 10.1 Å². The van der Waals surface area contributed by atoms with E-state index in [1.165, 1.54) is 0 Å². The van der Waals surface area contributed by atoms with Gasteiger partial charge in [-0.25, -0.2) is 0 Å². The van der Waals surface area contributed by atoms with Crippen LogP contribution in [0, 0.1) is 11.3 Å². The Morgan fingerprint density at radius 3 is 2.75 bits per heavy atom. The number of ether oxygens (including phenoxy) is 1. The number of hydrogen-bond donors (Lipinski definition) is 3. The molecular weight excluding hydrogens is 154 g/mol. The first kappa shape index (κ1) is 9.32. The molecule has 1 aliphatic rings. The molecule has 70 valence electrons. The second kappa shape index (κ2) is 4.98. The van der Waals surface area contributed by atoms with Gasteiger partial charge >= 0.3 is 0 Å². The van der Waals surface area contributed by atoms with E-state index >= 15 is 0 Å². The number of hydrogen-bond acceptors (Lipinski definition) is 2. The monoisotopic (exact) mass is 171 g/mol. The van der Waals surface area contributed by atoms with Crippen molar-refractivity contribution in [2.24, 2.45) is 5.92 Å². The molecule has 0 aromatic carbocycles. The van der Waals surface area contributed by atoms with Gasteiger partial charge in [-0.2, -0.15) is 0 Å². The van der Waals surface area contributed by atoms with Crippen LogP contribution in [0.2, 0.25) is 0 Å². The first-order valence-electron chi connectivity index (χ1n) is 4.41. The smallest absolute Gasteiger partial charge is 0.188 e. The molecule has 0 aromatic heterocycles. The summed E-state index contributed by atoms with van der Waals surface area (Å²) in [6.07, 6.45) is 2.23. The molecule has 0 radical (unpaired) electrons. The van der Waals surface area contributed by atoms with Gasteiger partial charge in [0.2, 0.25) is 0 Å². The minimum atomic E-state index is 0.404. The second-order valence-corrected chi connectivity index (χ2v) is 3.06. The standard InChI is InChI=1S/C8H17N3O/c1-10-8(9)11-6-7-2-4-12-5-3-7/h7H,2-6H2,1H3,(H3,9,10,11). The van der Waals surface area contributed by atoms with Crippen molar-refractivity contribution in [3.8, 4) is 0 Å². The molecule has 1 fully saturated rings. The quantitative estimate of drug-likeness (QED) is 0.409. The van der Waals surface area contributed by atoms with Gasteiger partial charge in [0.05, 0.1) is 0 Å². The van der Waals surface area contributed by atoms with Crippen LogP contribution in [0.3, 0.4) is 0 Å². The van der Waals surface area contributed by atoms with Crippen molar-refractivity contribution in [1.29, 1.82) is 5.41 Å². The Morgan fingerprint density at radius 1 is 1.50 bits per heavy atom. The number of nitrogens with one attached hydrogen (secondary N) is 3. The lowest BCUT2D eigenvalue weighted by molar-refractivity contribution is 0.0675. The van der Waals surface area contributed by atoms with Crippen LogP contribution in [-0.4, -0.2) is 32.8 Å². The molecular formula is C8H17N3O. The highest BCUT2D eigenvalue weighted by Crippen LogP contribution is 2.12. The Hall–Kier alpha value is -0.770. The van der Waals surface area contributed by atoms with E-state index in [2.05, 4.69) is 10.6 Å². The van der Waals surface area contributed by atoms with Crippen LogP contribution >= 0.6 is 0 Å². The van der Waals surface area contributed by atoms with Crippen LogP contribution in [-0.2, 0) is 4.74 Å². The number of guanidine groups is 1. The molecule has 1 rings (SSSR count). The van der Waals surface area contributed by atoms with E-state index < -0.39 is 0 Å². The fourth-order valence-corrected chi connectivity index (χ4v) is 1.29. The van der Waals surface area contributed by atoms with Gasteiger partial charge in [-0.3, -0.25) is 5.41 Å². The fraction of sp³-hybridized carbons (Fsp3) is 0.875. The molecule has 0 bridgehead atoms. The molecule has 1 aliphatic heterocycles. The molecule has 0 amide bonds. The average Bonchev–Trinajstić information content (AvgIpc) is 2.16. The average molecular weight is 171 g/mol. The molecule has 0 aliphatic carbocycles. The highest BCUT2D eigenvalue weighted by molar-refractivity contribution is 5.75. The van der Waals surface area contributed by atoms with Gasteiger partial charge in [0.15, 0.2) is 5.96 Å². The summed E-state index contributed by atoms with van der Waals surface area (Å²) < 4.78 is 5.24. The summed E-state index contributed by atoms with van der Waals surface area (Å²) in [5, 5.41) is 13.1. The zero-order valence-electron chi connectivity index (χ0n) is 7.52. The van der Waals surface area contributed by atoms with E-state index in [1.807, 2.05) is 0 Å². The maximum atomic E-state index is 7.30. The molecule has 12 heavy (non-hydrogen) atoms. The van der Waals surface area contributed by atoms with Crippen molar-refractivity contribution in [3.05, 3.63) is 0 Å². The Bertz CT molecular complexity index is 143. The van der Waals surface area contributed by atoms with Crippen molar-refractivity contribution in [2.75, 3.05) is 26.8 Å². The molecule has 0 atom stereocenters. The minimum absolute atomic E-state index is 0.404. The molecule has 3 N–H and O–H groups in total. The number of rotatable bonds is 2. The summed E-state index contributed by atoms with van der Waals surface area (Å²) in [7, 11) is 1.75. The third-order valence-corrected chi connectivity index (χ3v) is 2.16. The molecule has 1 heterocycles. The third kappa shape index (κ3) is 3.09. The molecule has 1 saturated heterocycles.